The third-order valence-corrected chi connectivity index (χ3v) is 4.86. The molecule has 1 unspecified atom stereocenters. The molecular formula is C20H31NO4S. The molecule has 2 N–H and O–H groups in total. The van der Waals surface area contributed by atoms with E-state index < -0.39 is 0 Å². The minimum Gasteiger partial charge on any atom is -0.507 e. The number of esters is 1. The van der Waals surface area contributed by atoms with Crippen LogP contribution < -0.4 is 5.32 Å². The van der Waals surface area contributed by atoms with E-state index in [4.69, 9.17) is 4.74 Å². The number of aliphatic hydroxyl groups excluding tert-OH is 1. The van der Waals surface area contributed by atoms with Gasteiger partial charge >= 0.3 is 5.97 Å². The van der Waals surface area contributed by atoms with Crippen LogP contribution >= 0.6 is 11.8 Å². The fraction of sp³-hybridized carbons (Fsp3) is 0.600. The van der Waals surface area contributed by atoms with Crippen LogP contribution in [-0.4, -0.2) is 41.6 Å². The molecule has 0 aromatic heterocycles. The number of amides is 1. The molecule has 1 atom stereocenters. The Morgan fingerprint density at radius 3 is 2.92 bits per heavy atom. The molecular weight excluding hydrogens is 350 g/mol. The van der Waals surface area contributed by atoms with Crippen molar-refractivity contribution >= 4 is 23.6 Å². The van der Waals surface area contributed by atoms with Gasteiger partial charge in [-0.15, -0.1) is 0 Å². The van der Waals surface area contributed by atoms with E-state index in [0.29, 0.717) is 11.3 Å². The maximum Gasteiger partial charge on any atom is 0.315 e. The normalized spacial score (nSPS) is 16.9. The van der Waals surface area contributed by atoms with Crippen LogP contribution in [0.5, 0.6) is 0 Å². The maximum atomic E-state index is 12.0. The highest BCUT2D eigenvalue weighted by Crippen LogP contribution is 2.20. The summed E-state index contributed by atoms with van der Waals surface area (Å²) in [5, 5.41) is 12.5. The van der Waals surface area contributed by atoms with Crippen LogP contribution in [0.15, 0.2) is 35.6 Å². The fourth-order valence-corrected chi connectivity index (χ4v) is 3.22. The van der Waals surface area contributed by atoms with E-state index in [9.17, 15) is 14.7 Å². The van der Waals surface area contributed by atoms with Crippen molar-refractivity contribution in [3.63, 3.8) is 0 Å². The number of unbranched alkanes of at least 4 members (excludes halogenated alkanes) is 2. The average Bonchev–Trinajstić information content (AvgIpc) is 2.60. The molecule has 0 spiro atoms. The van der Waals surface area contributed by atoms with E-state index in [0.717, 1.165) is 37.9 Å². The van der Waals surface area contributed by atoms with Gasteiger partial charge in [0, 0.05) is 0 Å². The molecule has 1 aliphatic rings. The molecule has 0 aromatic carbocycles. The van der Waals surface area contributed by atoms with Gasteiger partial charge in [-0.2, -0.15) is 11.8 Å². The summed E-state index contributed by atoms with van der Waals surface area (Å²) in [4.78, 5) is 23.6. The van der Waals surface area contributed by atoms with Crippen LogP contribution in [0.3, 0.4) is 0 Å². The Morgan fingerprint density at radius 2 is 2.19 bits per heavy atom. The highest BCUT2D eigenvalue weighted by molar-refractivity contribution is 7.99. The first kappa shape index (κ1) is 22.4. The summed E-state index contributed by atoms with van der Waals surface area (Å²) in [6, 6.07) is 0. The number of carbonyl (C=O) groups is 2. The molecule has 0 bridgehead atoms. The second-order valence-corrected chi connectivity index (χ2v) is 7.39. The average molecular weight is 382 g/mol. The Morgan fingerprint density at radius 1 is 1.38 bits per heavy atom. The van der Waals surface area contributed by atoms with Gasteiger partial charge in [0.25, 0.3) is 5.91 Å². The predicted octanol–water partition coefficient (Wildman–Crippen LogP) is 3.92. The molecule has 1 amide bonds. The van der Waals surface area contributed by atoms with Crippen molar-refractivity contribution in [3.8, 4) is 0 Å². The van der Waals surface area contributed by atoms with Crippen LogP contribution in [0, 0.1) is 5.92 Å². The molecule has 1 aliphatic carbocycles. The Kier molecular flexibility index (Phi) is 11.6. The van der Waals surface area contributed by atoms with Gasteiger partial charge in [0.15, 0.2) is 0 Å². The standard InChI is InChI=1S/C20H31NO4S/c1-3-4-5-6-7-8-13-26-15-19(23)25-12-11-21-20(24)17-10-9-16(2)14-18(17)22/h4-5,10,14,16,22H,3,6-9,11-13,15H2,1-2H3,(H,21,24)/b5-4-. The number of allylic oxidation sites excluding steroid dienone is 4. The van der Waals surface area contributed by atoms with Gasteiger partial charge in [-0.05, 0) is 49.9 Å². The van der Waals surface area contributed by atoms with E-state index in [2.05, 4.69) is 24.4 Å². The molecule has 0 saturated carbocycles. The first-order valence-electron chi connectivity index (χ1n) is 9.32. The van der Waals surface area contributed by atoms with Crippen molar-refractivity contribution in [2.75, 3.05) is 24.7 Å². The molecule has 6 heteroatoms. The number of hydrogen-bond donors (Lipinski definition) is 2. The number of hydrogen-bond acceptors (Lipinski definition) is 5. The number of aliphatic hydroxyl groups is 1. The number of carbonyl (C=O) groups excluding carboxylic acids is 2. The summed E-state index contributed by atoms with van der Waals surface area (Å²) in [6.07, 6.45) is 12.9. The third kappa shape index (κ3) is 9.70. The molecule has 0 heterocycles. The van der Waals surface area contributed by atoms with Crippen molar-refractivity contribution < 1.29 is 19.4 Å². The van der Waals surface area contributed by atoms with E-state index in [1.165, 1.54) is 0 Å². The first-order valence-corrected chi connectivity index (χ1v) is 10.5. The number of nitrogens with one attached hydrogen (secondary N) is 1. The van der Waals surface area contributed by atoms with Crippen molar-refractivity contribution in [2.45, 2.75) is 46.0 Å². The van der Waals surface area contributed by atoms with Crippen molar-refractivity contribution in [3.05, 3.63) is 35.6 Å². The number of rotatable bonds is 12. The zero-order valence-corrected chi connectivity index (χ0v) is 16.6. The molecule has 0 fully saturated rings. The van der Waals surface area contributed by atoms with E-state index in [1.54, 1.807) is 23.9 Å². The smallest absolute Gasteiger partial charge is 0.315 e. The lowest BCUT2D eigenvalue weighted by Gasteiger charge is -2.15. The number of thioether (sulfide) groups is 1. The fourth-order valence-electron chi connectivity index (χ4n) is 2.42. The summed E-state index contributed by atoms with van der Waals surface area (Å²) >= 11 is 1.58. The topological polar surface area (TPSA) is 75.6 Å². The first-order chi connectivity index (χ1) is 12.5. The second-order valence-electron chi connectivity index (χ2n) is 6.29. The lowest BCUT2D eigenvalue weighted by atomic mass is 9.96. The van der Waals surface area contributed by atoms with Crippen LogP contribution in [-0.2, 0) is 14.3 Å². The Labute approximate surface area is 161 Å². The summed E-state index contributed by atoms with van der Waals surface area (Å²) < 4.78 is 5.10. The molecule has 26 heavy (non-hydrogen) atoms. The zero-order chi connectivity index (χ0) is 19.2. The minimum absolute atomic E-state index is 0.0137. The van der Waals surface area contributed by atoms with Gasteiger partial charge in [0.1, 0.15) is 12.4 Å². The monoisotopic (exact) mass is 381 g/mol. The van der Waals surface area contributed by atoms with Crippen LogP contribution in [0.2, 0.25) is 0 Å². The van der Waals surface area contributed by atoms with Crippen molar-refractivity contribution in [1.82, 2.24) is 5.32 Å². The second kappa shape index (κ2) is 13.5. The lowest BCUT2D eigenvalue weighted by Crippen LogP contribution is -2.30. The van der Waals surface area contributed by atoms with Gasteiger partial charge in [0.05, 0.1) is 17.9 Å². The predicted molar refractivity (Wildman–Crippen MR) is 107 cm³/mol. The highest BCUT2D eigenvalue weighted by atomic mass is 32.2. The zero-order valence-electron chi connectivity index (χ0n) is 15.8. The molecule has 0 radical (unpaired) electrons. The highest BCUT2D eigenvalue weighted by Gasteiger charge is 2.18. The molecule has 0 saturated heterocycles. The van der Waals surface area contributed by atoms with Gasteiger partial charge in [-0.1, -0.05) is 32.1 Å². The maximum absolute atomic E-state index is 12.0. The lowest BCUT2D eigenvalue weighted by molar-refractivity contribution is -0.140. The van der Waals surface area contributed by atoms with E-state index in [-0.39, 0.29) is 36.7 Å². The van der Waals surface area contributed by atoms with E-state index in [1.807, 2.05) is 6.92 Å². The van der Waals surface area contributed by atoms with Gasteiger partial charge in [0.2, 0.25) is 0 Å². The quantitative estimate of drug-likeness (QED) is 0.304. The Hall–Kier alpha value is -1.69. The van der Waals surface area contributed by atoms with Crippen molar-refractivity contribution in [2.24, 2.45) is 5.92 Å². The Bertz CT molecular complexity index is 540. The summed E-state index contributed by atoms with van der Waals surface area (Å²) in [7, 11) is 0. The number of ether oxygens (including phenoxy) is 1. The molecule has 0 aliphatic heterocycles. The molecule has 0 aromatic rings. The largest absolute Gasteiger partial charge is 0.507 e. The van der Waals surface area contributed by atoms with Crippen LogP contribution in [0.25, 0.3) is 0 Å². The SMILES string of the molecule is CC/C=C\CCCCSCC(=O)OCCNC(=O)C1=CCC(C)C=C1O. The third-order valence-electron chi connectivity index (χ3n) is 3.84. The molecule has 5 nitrogen and oxygen atoms in total. The van der Waals surface area contributed by atoms with Gasteiger partial charge in [-0.3, -0.25) is 9.59 Å². The molecule has 146 valence electrons. The Balaban J connectivity index is 2.04. The summed E-state index contributed by atoms with van der Waals surface area (Å²) in [6.45, 7) is 4.47. The van der Waals surface area contributed by atoms with Crippen LogP contribution in [0.4, 0.5) is 0 Å². The minimum atomic E-state index is -0.340. The van der Waals surface area contributed by atoms with E-state index >= 15 is 0 Å². The van der Waals surface area contributed by atoms with Gasteiger partial charge in [-0.25, -0.2) is 0 Å². The molecule has 1 rings (SSSR count). The van der Waals surface area contributed by atoms with Crippen LogP contribution in [0.1, 0.15) is 46.0 Å². The van der Waals surface area contributed by atoms with Crippen molar-refractivity contribution in [1.29, 1.82) is 0 Å². The van der Waals surface area contributed by atoms with Gasteiger partial charge < -0.3 is 15.2 Å². The summed E-state index contributed by atoms with van der Waals surface area (Å²) in [5.41, 5.74) is 0.291. The summed E-state index contributed by atoms with van der Waals surface area (Å²) in [5.74, 6) is 0.935.